The predicted molar refractivity (Wildman–Crippen MR) is 91.2 cm³/mol. The quantitative estimate of drug-likeness (QED) is 0.249. The van der Waals surface area contributed by atoms with Gasteiger partial charge in [0.05, 0.1) is 12.2 Å². The second-order valence-corrected chi connectivity index (χ2v) is 5.53. The van der Waals surface area contributed by atoms with Crippen LogP contribution in [0.25, 0.3) is 0 Å². The molecule has 2 rings (SSSR count). The molecular weight excluding hydrogens is 344 g/mol. The van der Waals surface area contributed by atoms with Crippen molar-refractivity contribution in [2.45, 2.75) is 24.9 Å². The Morgan fingerprint density at radius 1 is 1.35 bits per heavy atom. The van der Waals surface area contributed by atoms with Crippen LogP contribution in [0.4, 0.5) is 0 Å². The molecule has 1 aromatic rings. The summed E-state index contributed by atoms with van der Waals surface area (Å²) in [5.41, 5.74) is 16.1. The van der Waals surface area contributed by atoms with Crippen LogP contribution in [0.1, 0.15) is 28.9 Å². The molecule has 0 radical (unpaired) electrons. The van der Waals surface area contributed by atoms with Crippen LogP contribution in [0.15, 0.2) is 18.3 Å². The zero-order chi connectivity index (χ0) is 19.9. The lowest BCUT2D eigenvalue weighted by molar-refractivity contribution is -0.149. The maximum atomic E-state index is 11.5. The van der Waals surface area contributed by atoms with Gasteiger partial charge in [-0.1, -0.05) is 0 Å². The summed E-state index contributed by atoms with van der Waals surface area (Å²) in [7, 11) is 0. The number of aliphatic hydroxyl groups is 1. The minimum Gasteiger partial charge on any atom is -0.480 e. The molecule has 2 heterocycles. The normalized spacial score (nSPS) is 17.0. The van der Waals surface area contributed by atoms with Gasteiger partial charge in [0.1, 0.15) is 23.6 Å². The number of aliphatic hydroxyl groups excluding tert-OH is 1. The number of carboxylic acid groups (broad SMARTS) is 1. The van der Waals surface area contributed by atoms with Crippen molar-refractivity contribution in [3.8, 4) is 0 Å². The van der Waals surface area contributed by atoms with E-state index in [4.69, 9.17) is 32.8 Å². The van der Waals surface area contributed by atoms with Gasteiger partial charge >= 0.3 is 5.97 Å². The zero-order valence-corrected chi connectivity index (χ0v) is 14.0. The van der Waals surface area contributed by atoms with Gasteiger partial charge in [-0.25, -0.2) is 4.79 Å². The molecule has 11 nitrogen and oxygen atoms in total. The summed E-state index contributed by atoms with van der Waals surface area (Å²) >= 11 is 0. The van der Waals surface area contributed by atoms with Gasteiger partial charge in [0.15, 0.2) is 0 Å². The van der Waals surface area contributed by atoms with Gasteiger partial charge < -0.3 is 32.3 Å². The number of amides is 2. The molecule has 11 heteroatoms. The van der Waals surface area contributed by atoms with Gasteiger partial charge in [-0.15, -0.1) is 0 Å². The minimum absolute atomic E-state index is 0.133. The molecule has 0 saturated carbocycles. The molecule has 2 atom stereocenters. The molecule has 1 aliphatic rings. The molecule has 0 spiro atoms. The summed E-state index contributed by atoms with van der Waals surface area (Å²) in [5, 5.41) is 24.5. The number of rotatable bonds is 5. The largest absolute Gasteiger partial charge is 0.480 e. The van der Waals surface area contributed by atoms with Gasteiger partial charge in [0.2, 0.25) is 11.8 Å². The lowest BCUT2D eigenvalue weighted by atomic mass is 10.2. The van der Waals surface area contributed by atoms with Crippen LogP contribution >= 0.6 is 0 Å². The Hall–Kier alpha value is -3.05. The summed E-state index contributed by atoms with van der Waals surface area (Å²) in [5.74, 6) is -2.18. The summed E-state index contributed by atoms with van der Waals surface area (Å²) in [6.07, 6.45) is 2.42. The number of nitrogens with two attached hydrogens (primary N) is 3. The van der Waals surface area contributed by atoms with Crippen molar-refractivity contribution in [2.24, 2.45) is 17.2 Å². The lowest BCUT2D eigenvalue weighted by Crippen LogP contribution is -2.49. The first-order valence-corrected chi connectivity index (χ1v) is 7.69. The first kappa shape index (κ1) is 21.0. The van der Waals surface area contributed by atoms with Crippen molar-refractivity contribution in [3.63, 3.8) is 0 Å². The van der Waals surface area contributed by atoms with E-state index < -0.39 is 36.5 Å². The molecule has 142 valence electrons. The number of amidine groups is 1. The van der Waals surface area contributed by atoms with Crippen LogP contribution in [0.5, 0.6) is 0 Å². The highest BCUT2D eigenvalue weighted by Crippen LogP contribution is 2.17. The van der Waals surface area contributed by atoms with Crippen molar-refractivity contribution in [1.82, 2.24) is 9.88 Å². The number of pyridine rings is 1. The Kier molecular flexibility index (Phi) is 7.62. The highest BCUT2D eigenvalue weighted by Gasteiger charge is 2.35. The summed E-state index contributed by atoms with van der Waals surface area (Å²) < 4.78 is 0. The summed E-state index contributed by atoms with van der Waals surface area (Å²) in [6, 6.07) is 1.17. The molecule has 0 aliphatic carbocycles. The van der Waals surface area contributed by atoms with Gasteiger partial charge in [-0.3, -0.25) is 20.0 Å². The van der Waals surface area contributed by atoms with Gasteiger partial charge in [-0.05, 0) is 25.0 Å². The Bertz CT molecular complexity index is 645. The van der Waals surface area contributed by atoms with E-state index in [1.807, 2.05) is 0 Å². The monoisotopic (exact) mass is 366 g/mol. The molecule has 0 unspecified atom stereocenters. The van der Waals surface area contributed by atoms with Crippen LogP contribution in [0.2, 0.25) is 0 Å². The third-order valence-electron chi connectivity index (χ3n) is 3.66. The van der Waals surface area contributed by atoms with Gasteiger partial charge in [0.25, 0.3) is 0 Å². The lowest BCUT2D eigenvalue weighted by Gasteiger charge is -2.23. The maximum Gasteiger partial charge on any atom is 0.326 e. The number of carbonyl (C=O) groups is 3. The van der Waals surface area contributed by atoms with E-state index in [9.17, 15) is 14.4 Å². The highest BCUT2D eigenvalue weighted by molar-refractivity contribution is 5.95. The fourth-order valence-corrected chi connectivity index (χ4v) is 2.28. The second kappa shape index (κ2) is 9.44. The number of hydrogen-bond acceptors (Lipinski definition) is 7. The fraction of sp³-hybridized carbons (Fsp3) is 0.400. The van der Waals surface area contributed by atoms with Crippen molar-refractivity contribution in [3.05, 3.63) is 29.6 Å². The third-order valence-corrected chi connectivity index (χ3v) is 3.66. The molecule has 26 heavy (non-hydrogen) atoms. The molecule has 9 N–H and O–H groups in total. The van der Waals surface area contributed by atoms with E-state index in [-0.39, 0.29) is 5.84 Å². The van der Waals surface area contributed by atoms with E-state index in [0.29, 0.717) is 30.6 Å². The number of nitrogens with zero attached hydrogens (tertiary/aromatic N) is 2. The Morgan fingerprint density at radius 3 is 2.42 bits per heavy atom. The van der Waals surface area contributed by atoms with Crippen LogP contribution in [0, 0.1) is 5.41 Å². The topological polar surface area (TPSA) is 210 Å². The fourth-order valence-electron chi connectivity index (χ4n) is 2.28. The van der Waals surface area contributed by atoms with E-state index in [1.54, 1.807) is 0 Å². The Balaban J connectivity index is 0.000000263. The molecule has 1 fully saturated rings. The molecule has 1 aromatic heterocycles. The first-order chi connectivity index (χ1) is 12.2. The number of aliphatic carboxylic acids is 1. The van der Waals surface area contributed by atoms with E-state index in [2.05, 4.69) is 4.98 Å². The van der Waals surface area contributed by atoms with Gasteiger partial charge in [-0.2, -0.15) is 0 Å². The van der Waals surface area contributed by atoms with E-state index in [1.165, 1.54) is 23.2 Å². The van der Waals surface area contributed by atoms with Crippen LogP contribution in [-0.2, 0) is 9.59 Å². The molecule has 2 amide bonds. The highest BCUT2D eigenvalue weighted by atomic mass is 16.4. The predicted octanol–water partition coefficient (Wildman–Crippen LogP) is -2.15. The average molecular weight is 366 g/mol. The smallest absolute Gasteiger partial charge is 0.326 e. The summed E-state index contributed by atoms with van der Waals surface area (Å²) in [6.45, 7) is -0.0504. The van der Waals surface area contributed by atoms with Crippen LogP contribution < -0.4 is 17.2 Å². The van der Waals surface area contributed by atoms with Gasteiger partial charge in [0, 0.05) is 12.7 Å². The molecule has 1 saturated heterocycles. The second-order valence-electron chi connectivity index (χ2n) is 5.53. The Morgan fingerprint density at radius 2 is 2.00 bits per heavy atom. The maximum absolute atomic E-state index is 11.5. The minimum atomic E-state index is -1.01. The number of hydrogen-bond donors (Lipinski definition) is 6. The molecular formula is C15H22N6O5. The Labute approximate surface area is 149 Å². The number of aromatic nitrogens is 1. The average Bonchev–Trinajstić information content (AvgIpc) is 3.11. The summed E-state index contributed by atoms with van der Waals surface area (Å²) in [4.78, 5) is 37.8. The van der Waals surface area contributed by atoms with E-state index in [0.717, 1.165) is 0 Å². The number of primary amides is 1. The van der Waals surface area contributed by atoms with Crippen molar-refractivity contribution in [1.29, 1.82) is 5.41 Å². The van der Waals surface area contributed by atoms with Crippen molar-refractivity contribution >= 4 is 23.6 Å². The standard InChI is InChI=1S/C8H14N2O4.C7H8N4O/c9-5(4-11)7(12)10-3-1-2-6(10)8(13)14;8-6(9)5-2-1-4(3-11-5)7(10)12/h5-6,11H,1-4,9H2,(H,13,14);1-3H,(H3,8,9)(H2,10,12)/t5-,6-;/m0./s1. The first-order valence-electron chi connectivity index (χ1n) is 7.69. The van der Waals surface area contributed by atoms with Crippen molar-refractivity contribution in [2.75, 3.05) is 13.2 Å². The molecule has 0 aromatic carbocycles. The number of nitrogen functional groups attached to an aromatic ring is 1. The number of nitrogens with one attached hydrogen (secondary N) is 1. The van der Waals surface area contributed by atoms with Crippen molar-refractivity contribution < 1.29 is 24.6 Å². The number of likely N-dealkylation sites (tertiary alicyclic amines) is 1. The zero-order valence-electron chi connectivity index (χ0n) is 14.0. The van der Waals surface area contributed by atoms with E-state index >= 15 is 0 Å². The van der Waals surface area contributed by atoms with Crippen LogP contribution in [-0.4, -0.2) is 69.0 Å². The third kappa shape index (κ3) is 5.50. The SMILES string of the molecule is N=C(N)c1ccc(C(N)=O)cn1.N[C@@H](CO)C(=O)N1CCC[C@H]1C(=O)O. The molecule has 0 bridgehead atoms. The number of carboxylic acids is 1. The number of carbonyl (C=O) groups excluding carboxylic acids is 2. The molecule has 1 aliphatic heterocycles. The van der Waals surface area contributed by atoms with Crippen LogP contribution in [0.3, 0.4) is 0 Å².